The minimum Gasteiger partial charge on any atom is -0.379 e. The van der Waals surface area contributed by atoms with Crippen LogP contribution in [-0.4, -0.2) is 90.5 Å². The fourth-order valence-electron chi connectivity index (χ4n) is 5.08. The Hall–Kier alpha value is -1.62. The van der Waals surface area contributed by atoms with Crippen molar-refractivity contribution in [2.24, 2.45) is 11.8 Å². The maximum absolute atomic E-state index is 13.3. The smallest absolute Gasteiger partial charge is 0.270 e. The molecule has 4 heterocycles. The van der Waals surface area contributed by atoms with Gasteiger partial charge in [-0.05, 0) is 24.5 Å². The molecule has 0 saturated carbocycles. The highest BCUT2D eigenvalue weighted by Crippen LogP contribution is 2.41. The standard InChI is InChI=1S/C20H30N4O5S.ClH/c1-13(2)17-18-16(24(20(17)26)30(3,27)28)6-7-23(18)19(25)15-5-4-14(21-15)12-22-8-10-29-11-9-22;/h4-5,13,16-18,21H,6-12H2,1-3H3;1H/t16-,17+,18-;/m1./s1. The summed E-state index contributed by atoms with van der Waals surface area (Å²) in [5, 5.41) is 0. The van der Waals surface area contributed by atoms with Crippen LogP contribution in [0.2, 0.25) is 0 Å². The third kappa shape index (κ3) is 4.48. The summed E-state index contributed by atoms with van der Waals surface area (Å²) in [7, 11) is -3.68. The Morgan fingerprint density at radius 3 is 2.52 bits per heavy atom. The molecule has 1 N–H and O–H groups in total. The lowest BCUT2D eigenvalue weighted by Gasteiger charge is -2.29. The zero-order valence-corrected chi connectivity index (χ0v) is 19.7. The van der Waals surface area contributed by atoms with E-state index in [9.17, 15) is 18.0 Å². The predicted molar refractivity (Wildman–Crippen MR) is 117 cm³/mol. The van der Waals surface area contributed by atoms with Gasteiger partial charge >= 0.3 is 0 Å². The second kappa shape index (κ2) is 9.09. The molecule has 31 heavy (non-hydrogen) atoms. The third-order valence-corrected chi connectivity index (χ3v) is 7.57. The van der Waals surface area contributed by atoms with Crippen LogP contribution in [0.4, 0.5) is 0 Å². The van der Waals surface area contributed by atoms with Crippen molar-refractivity contribution in [1.29, 1.82) is 0 Å². The van der Waals surface area contributed by atoms with Crippen molar-refractivity contribution in [3.8, 4) is 0 Å². The van der Waals surface area contributed by atoms with Gasteiger partial charge in [0.05, 0.1) is 37.5 Å². The number of H-pyrrole nitrogens is 1. The number of rotatable bonds is 5. The summed E-state index contributed by atoms with van der Waals surface area (Å²) in [6.45, 7) is 8.11. The Morgan fingerprint density at radius 1 is 1.23 bits per heavy atom. The number of hydrogen-bond donors (Lipinski definition) is 1. The number of halogens is 1. The first-order chi connectivity index (χ1) is 14.2. The first kappa shape index (κ1) is 24.0. The van der Waals surface area contributed by atoms with Crippen LogP contribution in [0.25, 0.3) is 0 Å². The van der Waals surface area contributed by atoms with Gasteiger partial charge in [-0.15, -0.1) is 12.4 Å². The van der Waals surface area contributed by atoms with Crippen molar-refractivity contribution in [2.75, 3.05) is 39.1 Å². The number of aromatic nitrogens is 1. The zero-order valence-electron chi connectivity index (χ0n) is 18.1. The van der Waals surface area contributed by atoms with Crippen LogP contribution >= 0.6 is 12.4 Å². The second-order valence-corrected chi connectivity index (χ2v) is 10.7. The number of amides is 2. The topological polar surface area (TPSA) is 103 Å². The molecular formula is C20H31ClN4O5S. The van der Waals surface area contributed by atoms with Crippen molar-refractivity contribution < 1.29 is 22.7 Å². The van der Waals surface area contributed by atoms with Crippen LogP contribution in [-0.2, 0) is 26.1 Å². The lowest BCUT2D eigenvalue weighted by atomic mass is 9.88. The van der Waals surface area contributed by atoms with Gasteiger partial charge in [0.15, 0.2) is 0 Å². The van der Waals surface area contributed by atoms with Gasteiger partial charge in [-0.25, -0.2) is 12.7 Å². The Kier molecular flexibility index (Phi) is 7.05. The number of morpholine rings is 1. The number of likely N-dealkylation sites (tertiary alicyclic amines) is 1. The first-order valence-electron chi connectivity index (χ1n) is 10.5. The largest absolute Gasteiger partial charge is 0.379 e. The number of nitrogens with one attached hydrogen (secondary N) is 1. The average molecular weight is 475 g/mol. The Morgan fingerprint density at radius 2 is 1.90 bits per heavy atom. The summed E-state index contributed by atoms with van der Waals surface area (Å²) in [5.74, 6) is -1.14. The monoisotopic (exact) mass is 474 g/mol. The highest BCUT2D eigenvalue weighted by Gasteiger charge is 2.58. The number of fused-ring (bicyclic) bond motifs is 1. The maximum atomic E-state index is 13.3. The first-order valence-corrected chi connectivity index (χ1v) is 12.4. The van der Waals surface area contributed by atoms with Gasteiger partial charge in [0.2, 0.25) is 15.9 Å². The second-order valence-electron chi connectivity index (χ2n) is 8.80. The molecule has 2 amide bonds. The fraction of sp³-hybridized carbons (Fsp3) is 0.700. The molecule has 0 aliphatic carbocycles. The highest BCUT2D eigenvalue weighted by molar-refractivity contribution is 7.88. The number of aromatic amines is 1. The van der Waals surface area contributed by atoms with E-state index in [4.69, 9.17) is 4.74 Å². The summed E-state index contributed by atoms with van der Waals surface area (Å²) >= 11 is 0. The van der Waals surface area contributed by atoms with E-state index < -0.39 is 28.0 Å². The van der Waals surface area contributed by atoms with E-state index in [1.807, 2.05) is 19.9 Å². The molecule has 0 radical (unpaired) electrons. The third-order valence-electron chi connectivity index (χ3n) is 6.40. The quantitative estimate of drug-likeness (QED) is 0.680. The molecule has 1 aromatic heterocycles. The van der Waals surface area contributed by atoms with E-state index in [2.05, 4.69) is 9.88 Å². The van der Waals surface area contributed by atoms with E-state index in [1.165, 1.54) is 0 Å². The van der Waals surface area contributed by atoms with Crippen LogP contribution < -0.4 is 0 Å². The molecule has 3 fully saturated rings. The molecule has 3 atom stereocenters. The molecule has 1 aromatic rings. The number of ether oxygens (including phenoxy) is 1. The van der Waals surface area contributed by atoms with Crippen molar-refractivity contribution in [3.63, 3.8) is 0 Å². The number of hydrogen-bond acceptors (Lipinski definition) is 6. The van der Waals surface area contributed by atoms with Crippen molar-refractivity contribution in [1.82, 2.24) is 19.1 Å². The number of carbonyl (C=O) groups excluding carboxylic acids is 2. The van der Waals surface area contributed by atoms with Gasteiger partial charge < -0.3 is 14.6 Å². The van der Waals surface area contributed by atoms with Crippen molar-refractivity contribution in [2.45, 2.75) is 38.9 Å². The summed E-state index contributed by atoms with van der Waals surface area (Å²) in [5.41, 5.74) is 1.43. The number of sulfonamides is 1. The average Bonchev–Trinajstić information content (AvgIpc) is 3.35. The molecule has 0 bridgehead atoms. The van der Waals surface area contributed by atoms with Crippen LogP contribution in [0.5, 0.6) is 0 Å². The highest BCUT2D eigenvalue weighted by atomic mass is 35.5. The molecule has 0 aromatic carbocycles. The molecule has 11 heteroatoms. The van der Waals surface area contributed by atoms with E-state index in [1.54, 1.807) is 11.0 Å². The normalized spacial score (nSPS) is 27.0. The molecule has 0 unspecified atom stereocenters. The van der Waals surface area contributed by atoms with Gasteiger partial charge in [-0.2, -0.15) is 0 Å². The molecule has 3 aliphatic rings. The number of nitrogens with zero attached hydrogens (tertiary/aromatic N) is 3. The van der Waals surface area contributed by atoms with Crippen LogP contribution in [0.3, 0.4) is 0 Å². The summed E-state index contributed by atoms with van der Waals surface area (Å²) in [6, 6.07) is 2.79. The van der Waals surface area contributed by atoms with Crippen LogP contribution in [0, 0.1) is 11.8 Å². The summed E-state index contributed by atoms with van der Waals surface area (Å²) in [4.78, 5) is 33.4. The minimum atomic E-state index is -3.68. The molecule has 0 spiro atoms. The predicted octanol–water partition coefficient (Wildman–Crippen LogP) is 0.926. The molecule has 4 rings (SSSR count). The van der Waals surface area contributed by atoms with Gasteiger partial charge in [0.25, 0.3) is 5.91 Å². The summed E-state index contributed by atoms with van der Waals surface area (Å²) in [6.07, 6.45) is 1.54. The van der Waals surface area contributed by atoms with E-state index in [0.29, 0.717) is 31.9 Å². The SMILES string of the molecule is CC(C)[C@@H]1C(=O)N(S(C)(=O)=O)[C@@H]2CCN(C(=O)c3ccc(CN4CCOCC4)[nH]3)[C@H]21.Cl. The van der Waals surface area contributed by atoms with E-state index in [0.717, 1.165) is 35.9 Å². The van der Waals surface area contributed by atoms with Gasteiger partial charge in [-0.1, -0.05) is 13.8 Å². The molecular weight excluding hydrogens is 444 g/mol. The molecule has 174 valence electrons. The van der Waals surface area contributed by atoms with E-state index >= 15 is 0 Å². The van der Waals surface area contributed by atoms with Crippen molar-refractivity contribution in [3.05, 3.63) is 23.5 Å². The number of carbonyl (C=O) groups is 2. The molecule has 3 saturated heterocycles. The Labute approximate surface area is 189 Å². The van der Waals surface area contributed by atoms with Gasteiger partial charge in [0.1, 0.15) is 5.69 Å². The van der Waals surface area contributed by atoms with Crippen LogP contribution in [0.15, 0.2) is 12.1 Å². The van der Waals surface area contributed by atoms with E-state index in [-0.39, 0.29) is 30.1 Å². The Balaban J connectivity index is 0.00000272. The zero-order chi connectivity index (χ0) is 21.6. The maximum Gasteiger partial charge on any atom is 0.270 e. The fourth-order valence-corrected chi connectivity index (χ4v) is 6.25. The van der Waals surface area contributed by atoms with Gasteiger partial charge in [0, 0.05) is 31.9 Å². The van der Waals surface area contributed by atoms with Crippen molar-refractivity contribution >= 4 is 34.2 Å². The lowest BCUT2D eigenvalue weighted by molar-refractivity contribution is -0.129. The summed E-state index contributed by atoms with van der Waals surface area (Å²) < 4.78 is 30.9. The van der Waals surface area contributed by atoms with Crippen LogP contribution in [0.1, 0.15) is 36.5 Å². The lowest BCUT2D eigenvalue weighted by Crippen LogP contribution is -2.44. The molecule has 9 nitrogen and oxygen atoms in total. The molecule has 3 aliphatic heterocycles. The van der Waals surface area contributed by atoms with Gasteiger partial charge in [-0.3, -0.25) is 14.5 Å². The Bertz CT molecular complexity index is 928. The minimum absolute atomic E-state index is 0.